The van der Waals surface area contributed by atoms with Crippen molar-refractivity contribution < 1.29 is 9.84 Å². The number of benzene rings is 1. The molecule has 24 heavy (non-hydrogen) atoms. The van der Waals surface area contributed by atoms with E-state index in [0.717, 1.165) is 25.0 Å². The molecule has 1 aromatic rings. The first-order chi connectivity index (χ1) is 11.2. The predicted octanol–water partition coefficient (Wildman–Crippen LogP) is 2.89. The minimum Gasteiger partial charge on any atom is -0.491 e. The lowest BCUT2D eigenvalue weighted by Crippen LogP contribution is -2.62. The monoisotopic (exact) mass is 334 g/mol. The molecule has 1 aliphatic rings. The third-order valence-electron chi connectivity index (χ3n) is 4.58. The fraction of sp³-hybridized carbons (Fsp3) is 0.700. The average molecular weight is 335 g/mol. The Morgan fingerprint density at radius 1 is 1.25 bits per heavy atom. The number of piperidine rings is 1. The van der Waals surface area contributed by atoms with Crippen molar-refractivity contribution in [2.24, 2.45) is 0 Å². The van der Waals surface area contributed by atoms with Gasteiger partial charge in [-0.05, 0) is 64.7 Å². The van der Waals surface area contributed by atoms with E-state index < -0.39 is 6.10 Å². The van der Waals surface area contributed by atoms with E-state index in [1.165, 1.54) is 5.56 Å². The molecule has 136 valence electrons. The van der Waals surface area contributed by atoms with Crippen LogP contribution in [0.25, 0.3) is 0 Å². The van der Waals surface area contributed by atoms with E-state index in [1.807, 2.05) is 18.2 Å². The summed E-state index contributed by atoms with van der Waals surface area (Å²) in [6, 6.07) is 8.48. The van der Waals surface area contributed by atoms with Crippen LogP contribution in [0.5, 0.6) is 5.75 Å². The molecule has 2 rings (SSSR count). The van der Waals surface area contributed by atoms with E-state index in [0.29, 0.717) is 19.2 Å². The molecule has 0 aromatic heterocycles. The molecular formula is C20H34N2O2. The van der Waals surface area contributed by atoms with E-state index in [4.69, 9.17) is 4.74 Å². The normalized spacial score (nSPS) is 21.4. The highest BCUT2D eigenvalue weighted by atomic mass is 16.5. The van der Waals surface area contributed by atoms with Gasteiger partial charge < -0.3 is 20.5 Å². The highest BCUT2D eigenvalue weighted by molar-refractivity contribution is 5.28. The quantitative estimate of drug-likeness (QED) is 0.718. The van der Waals surface area contributed by atoms with Crippen LogP contribution in [-0.4, -0.2) is 41.5 Å². The molecule has 1 unspecified atom stereocenters. The Bertz CT molecular complexity index is 512. The van der Waals surface area contributed by atoms with E-state index in [2.05, 4.69) is 51.3 Å². The van der Waals surface area contributed by atoms with Gasteiger partial charge >= 0.3 is 0 Å². The van der Waals surface area contributed by atoms with Gasteiger partial charge in [-0.3, -0.25) is 0 Å². The molecule has 4 nitrogen and oxygen atoms in total. The standard InChI is InChI=1S/C20H34N2O2/c1-6-15-8-7-9-18(10-15)24-14-17(23)13-21-16-11-19(2,3)22-20(4,5)12-16/h7-10,16-17,21-23H,6,11-14H2,1-5H3. The van der Waals surface area contributed by atoms with Gasteiger partial charge in [-0.25, -0.2) is 0 Å². The molecular weight excluding hydrogens is 300 g/mol. The number of aliphatic hydroxyl groups is 1. The fourth-order valence-corrected chi connectivity index (χ4v) is 3.88. The maximum Gasteiger partial charge on any atom is 0.119 e. The summed E-state index contributed by atoms with van der Waals surface area (Å²) in [5.41, 5.74) is 1.47. The molecule has 0 spiro atoms. The smallest absolute Gasteiger partial charge is 0.119 e. The van der Waals surface area contributed by atoms with E-state index >= 15 is 0 Å². The number of ether oxygens (including phenoxy) is 1. The number of nitrogens with one attached hydrogen (secondary N) is 2. The molecule has 0 radical (unpaired) electrons. The second-order valence-corrected chi connectivity index (χ2v) is 8.37. The van der Waals surface area contributed by atoms with E-state index in [1.54, 1.807) is 0 Å². The number of rotatable bonds is 7. The van der Waals surface area contributed by atoms with Gasteiger partial charge in [-0.2, -0.15) is 0 Å². The van der Waals surface area contributed by atoms with Gasteiger partial charge in [0.25, 0.3) is 0 Å². The summed E-state index contributed by atoms with van der Waals surface area (Å²) in [5.74, 6) is 0.831. The number of aryl methyl sites for hydroxylation is 1. The topological polar surface area (TPSA) is 53.5 Å². The van der Waals surface area contributed by atoms with Crippen molar-refractivity contribution in [1.82, 2.24) is 10.6 Å². The summed E-state index contributed by atoms with van der Waals surface area (Å²) in [6.07, 6.45) is 2.60. The lowest BCUT2D eigenvalue weighted by molar-refractivity contribution is 0.0901. The van der Waals surface area contributed by atoms with Crippen LogP contribution in [0.1, 0.15) is 53.0 Å². The van der Waals surface area contributed by atoms with Gasteiger partial charge in [0.05, 0.1) is 0 Å². The zero-order chi connectivity index (χ0) is 17.8. The second-order valence-electron chi connectivity index (χ2n) is 8.37. The zero-order valence-electron chi connectivity index (χ0n) is 15.9. The minimum atomic E-state index is -0.503. The molecule has 0 saturated carbocycles. The summed E-state index contributed by atoms with van der Waals surface area (Å²) < 4.78 is 5.73. The summed E-state index contributed by atoms with van der Waals surface area (Å²) in [6.45, 7) is 12.0. The van der Waals surface area contributed by atoms with Crippen LogP contribution in [-0.2, 0) is 6.42 Å². The Morgan fingerprint density at radius 3 is 2.54 bits per heavy atom. The van der Waals surface area contributed by atoms with Crippen LogP contribution < -0.4 is 15.4 Å². The molecule has 0 bridgehead atoms. The first-order valence-corrected chi connectivity index (χ1v) is 9.12. The van der Waals surface area contributed by atoms with Gasteiger partial charge in [0.15, 0.2) is 0 Å². The highest BCUT2D eigenvalue weighted by Crippen LogP contribution is 2.28. The summed E-state index contributed by atoms with van der Waals surface area (Å²) in [4.78, 5) is 0. The molecule has 1 aromatic carbocycles. The van der Waals surface area contributed by atoms with Crippen molar-refractivity contribution in [1.29, 1.82) is 0 Å². The Balaban J connectivity index is 1.77. The van der Waals surface area contributed by atoms with Gasteiger partial charge in [0, 0.05) is 23.7 Å². The van der Waals surface area contributed by atoms with E-state index in [-0.39, 0.29) is 11.1 Å². The van der Waals surface area contributed by atoms with Gasteiger partial charge in [0.1, 0.15) is 18.5 Å². The number of aliphatic hydroxyl groups excluding tert-OH is 1. The lowest BCUT2D eigenvalue weighted by atomic mass is 9.79. The van der Waals surface area contributed by atoms with Gasteiger partial charge in [0.2, 0.25) is 0 Å². The van der Waals surface area contributed by atoms with Crippen LogP contribution in [0.4, 0.5) is 0 Å². The van der Waals surface area contributed by atoms with Crippen molar-refractivity contribution in [3.8, 4) is 5.75 Å². The Kier molecular flexibility index (Phi) is 6.29. The molecule has 1 atom stereocenters. The molecule has 3 N–H and O–H groups in total. The Morgan fingerprint density at radius 2 is 1.92 bits per heavy atom. The van der Waals surface area contributed by atoms with Crippen LogP contribution in [0.2, 0.25) is 0 Å². The molecule has 1 saturated heterocycles. The fourth-order valence-electron chi connectivity index (χ4n) is 3.88. The third-order valence-corrected chi connectivity index (χ3v) is 4.58. The number of hydrogen-bond acceptors (Lipinski definition) is 4. The molecule has 1 fully saturated rings. The highest BCUT2D eigenvalue weighted by Gasteiger charge is 2.37. The van der Waals surface area contributed by atoms with Gasteiger partial charge in [-0.1, -0.05) is 19.1 Å². The SMILES string of the molecule is CCc1cccc(OCC(O)CNC2CC(C)(C)NC(C)(C)C2)c1. The van der Waals surface area contributed by atoms with Crippen LogP contribution in [0, 0.1) is 0 Å². The third kappa shape index (κ3) is 6.08. The second kappa shape index (κ2) is 7.85. The summed E-state index contributed by atoms with van der Waals surface area (Å²) in [5, 5.41) is 17.4. The lowest BCUT2D eigenvalue weighted by Gasteiger charge is -2.47. The summed E-state index contributed by atoms with van der Waals surface area (Å²) >= 11 is 0. The molecule has 0 aliphatic carbocycles. The predicted molar refractivity (Wildman–Crippen MR) is 99.6 cm³/mol. The largest absolute Gasteiger partial charge is 0.491 e. The minimum absolute atomic E-state index is 0.113. The molecule has 1 aliphatic heterocycles. The first kappa shape index (κ1) is 19.2. The zero-order valence-corrected chi connectivity index (χ0v) is 15.9. The van der Waals surface area contributed by atoms with E-state index in [9.17, 15) is 5.11 Å². The maximum absolute atomic E-state index is 10.2. The molecule has 0 amide bonds. The van der Waals surface area contributed by atoms with Crippen molar-refractivity contribution in [2.45, 2.75) is 77.1 Å². The van der Waals surface area contributed by atoms with Crippen molar-refractivity contribution in [3.05, 3.63) is 29.8 Å². The van der Waals surface area contributed by atoms with Crippen molar-refractivity contribution in [3.63, 3.8) is 0 Å². The Hall–Kier alpha value is -1.10. The van der Waals surface area contributed by atoms with Crippen molar-refractivity contribution >= 4 is 0 Å². The molecule has 1 heterocycles. The van der Waals surface area contributed by atoms with Gasteiger partial charge in [-0.15, -0.1) is 0 Å². The summed E-state index contributed by atoms with van der Waals surface area (Å²) in [7, 11) is 0. The molecule has 4 heteroatoms. The Labute approximate surface area is 147 Å². The van der Waals surface area contributed by atoms with Crippen LogP contribution in [0.3, 0.4) is 0 Å². The van der Waals surface area contributed by atoms with Crippen LogP contribution >= 0.6 is 0 Å². The first-order valence-electron chi connectivity index (χ1n) is 9.12. The van der Waals surface area contributed by atoms with Crippen molar-refractivity contribution in [2.75, 3.05) is 13.2 Å². The number of hydrogen-bond donors (Lipinski definition) is 3. The maximum atomic E-state index is 10.2. The van der Waals surface area contributed by atoms with Crippen LogP contribution in [0.15, 0.2) is 24.3 Å². The average Bonchev–Trinajstić information content (AvgIpc) is 2.48.